The Kier molecular flexibility index (Phi) is 3.73. The fourth-order valence-corrected chi connectivity index (χ4v) is 1.24. The van der Waals surface area contributed by atoms with Crippen LogP contribution >= 0.6 is 0 Å². The quantitative estimate of drug-likeness (QED) is 0.770. The Labute approximate surface area is 77.9 Å². The number of benzene rings is 1. The smallest absolute Gasteiger partial charge is 0.116 e. The van der Waals surface area contributed by atoms with Crippen LogP contribution in [0.4, 0.5) is 0 Å². The van der Waals surface area contributed by atoms with Crippen LogP contribution < -0.4 is 0 Å². The van der Waals surface area contributed by atoms with Gasteiger partial charge >= 0.3 is 0 Å². The number of hydrogen-bond donors (Lipinski definition) is 1. The lowest BCUT2D eigenvalue weighted by atomic mass is 10.1. The van der Waals surface area contributed by atoms with Gasteiger partial charge in [0, 0.05) is 14.2 Å². The Morgan fingerprint density at radius 2 is 1.46 bits per heavy atom. The average Bonchev–Trinajstić information content (AvgIpc) is 2.04. The third-order valence-electron chi connectivity index (χ3n) is 1.66. The van der Waals surface area contributed by atoms with E-state index in [0.717, 1.165) is 11.1 Å². The van der Waals surface area contributed by atoms with Gasteiger partial charge in [-0.1, -0.05) is 6.07 Å². The van der Waals surface area contributed by atoms with Gasteiger partial charge in [-0.3, -0.25) is 0 Å². The maximum atomic E-state index is 9.34. The van der Waals surface area contributed by atoms with E-state index in [0.29, 0.717) is 13.2 Å². The first-order valence-electron chi connectivity index (χ1n) is 4.06. The van der Waals surface area contributed by atoms with E-state index in [1.165, 1.54) is 0 Å². The van der Waals surface area contributed by atoms with Gasteiger partial charge in [-0.25, -0.2) is 0 Å². The van der Waals surface area contributed by atoms with Crippen molar-refractivity contribution in [1.29, 1.82) is 0 Å². The van der Waals surface area contributed by atoms with Crippen molar-refractivity contribution in [3.63, 3.8) is 0 Å². The second-order valence-corrected chi connectivity index (χ2v) is 2.87. The lowest BCUT2D eigenvalue weighted by Gasteiger charge is -2.05. The van der Waals surface area contributed by atoms with Crippen molar-refractivity contribution in [2.75, 3.05) is 14.2 Å². The van der Waals surface area contributed by atoms with Crippen molar-refractivity contribution in [1.82, 2.24) is 0 Å². The third kappa shape index (κ3) is 3.05. The van der Waals surface area contributed by atoms with Crippen LogP contribution in [0.25, 0.3) is 0 Å². The molecule has 0 saturated carbocycles. The summed E-state index contributed by atoms with van der Waals surface area (Å²) in [6.45, 7) is 1.01. The minimum Gasteiger partial charge on any atom is -0.508 e. The van der Waals surface area contributed by atoms with Crippen LogP contribution in [0.2, 0.25) is 0 Å². The van der Waals surface area contributed by atoms with Crippen molar-refractivity contribution in [2.45, 2.75) is 13.2 Å². The highest BCUT2D eigenvalue weighted by atomic mass is 16.5. The van der Waals surface area contributed by atoms with Gasteiger partial charge in [0.1, 0.15) is 5.75 Å². The molecule has 72 valence electrons. The van der Waals surface area contributed by atoms with Gasteiger partial charge < -0.3 is 14.6 Å². The summed E-state index contributed by atoms with van der Waals surface area (Å²) in [6, 6.07) is 5.32. The van der Waals surface area contributed by atoms with Crippen LogP contribution in [0.1, 0.15) is 11.1 Å². The van der Waals surface area contributed by atoms with Crippen LogP contribution in [0.5, 0.6) is 5.75 Å². The largest absolute Gasteiger partial charge is 0.508 e. The van der Waals surface area contributed by atoms with Crippen LogP contribution in [0.3, 0.4) is 0 Å². The minimum absolute atomic E-state index is 0.251. The van der Waals surface area contributed by atoms with E-state index in [-0.39, 0.29) is 5.75 Å². The summed E-state index contributed by atoms with van der Waals surface area (Å²) >= 11 is 0. The summed E-state index contributed by atoms with van der Waals surface area (Å²) in [4.78, 5) is 0. The normalized spacial score (nSPS) is 10.3. The lowest BCUT2D eigenvalue weighted by molar-refractivity contribution is 0.179. The predicted molar refractivity (Wildman–Crippen MR) is 49.5 cm³/mol. The number of phenols is 1. The molecule has 0 spiro atoms. The molecule has 0 aromatic heterocycles. The topological polar surface area (TPSA) is 38.7 Å². The molecule has 0 radical (unpaired) electrons. The van der Waals surface area contributed by atoms with Crippen molar-refractivity contribution in [2.24, 2.45) is 0 Å². The first-order valence-corrected chi connectivity index (χ1v) is 4.06. The monoisotopic (exact) mass is 182 g/mol. The Hall–Kier alpha value is -1.06. The van der Waals surface area contributed by atoms with Gasteiger partial charge in [0.15, 0.2) is 0 Å². The first-order chi connectivity index (χ1) is 6.26. The van der Waals surface area contributed by atoms with Crippen molar-refractivity contribution >= 4 is 0 Å². The van der Waals surface area contributed by atoms with Crippen molar-refractivity contribution in [3.8, 4) is 5.75 Å². The molecule has 0 aliphatic rings. The highest BCUT2D eigenvalue weighted by Crippen LogP contribution is 2.16. The molecule has 3 heteroatoms. The zero-order valence-corrected chi connectivity index (χ0v) is 7.91. The molecule has 1 N–H and O–H groups in total. The molecule has 0 heterocycles. The fourth-order valence-electron chi connectivity index (χ4n) is 1.24. The van der Waals surface area contributed by atoms with Gasteiger partial charge in [-0.15, -0.1) is 0 Å². The highest BCUT2D eigenvalue weighted by Gasteiger charge is 1.99. The van der Waals surface area contributed by atoms with Gasteiger partial charge in [-0.2, -0.15) is 0 Å². The van der Waals surface area contributed by atoms with E-state index in [4.69, 9.17) is 9.47 Å². The maximum absolute atomic E-state index is 9.34. The Bertz CT molecular complexity index is 247. The zero-order valence-electron chi connectivity index (χ0n) is 7.91. The molecule has 0 atom stereocenters. The molecule has 13 heavy (non-hydrogen) atoms. The van der Waals surface area contributed by atoms with E-state index in [1.807, 2.05) is 6.07 Å². The van der Waals surface area contributed by atoms with Gasteiger partial charge in [0.2, 0.25) is 0 Å². The Balaban J connectivity index is 2.83. The Morgan fingerprint density at radius 1 is 1.00 bits per heavy atom. The third-order valence-corrected chi connectivity index (χ3v) is 1.66. The molecule has 1 rings (SSSR count). The molecular weight excluding hydrogens is 168 g/mol. The average molecular weight is 182 g/mol. The summed E-state index contributed by atoms with van der Waals surface area (Å²) < 4.78 is 9.93. The second kappa shape index (κ2) is 4.84. The molecule has 0 unspecified atom stereocenters. The zero-order chi connectivity index (χ0) is 9.68. The van der Waals surface area contributed by atoms with Crippen LogP contribution in [-0.2, 0) is 22.7 Å². The molecule has 0 aliphatic carbocycles. The molecular formula is C10H14O3. The number of phenolic OH excluding ortho intramolecular Hbond substituents is 1. The van der Waals surface area contributed by atoms with E-state index in [2.05, 4.69) is 0 Å². The summed E-state index contributed by atoms with van der Waals surface area (Å²) in [6.07, 6.45) is 0. The first kappa shape index (κ1) is 10.0. The number of rotatable bonds is 4. The fraction of sp³-hybridized carbons (Fsp3) is 0.400. The van der Waals surface area contributed by atoms with Crippen LogP contribution in [-0.4, -0.2) is 19.3 Å². The van der Waals surface area contributed by atoms with Gasteiger partial charge in [0.05, 0.1) is 13.2 Å². The highest BCUT2D eigenvalue weighted by molar-refractivity contribution is 5.32. The number of ether oxygens (including phenoxy) is 2. The summed E-state index contributed by atoms with van der Waals surface area (Å²) in [5.74, 6) is 0.251. The van der Waals surface area contributed by atoms with E-state index < -0.39 is 0 Å². The molecule has 0 aliphatic heterocycles. The number of hydrogen-bond acceptors (Lipinski definition) is 3. The maximum Gasteiger partial charge on any atom is 0.116 e. The molecule has 1 aromatic rings. The molecule has 0 amide bonds. The van der Waals surface area contributed by atoms with Crippen LogP contribution in [0, 0.1) is 0 Å². The van der Waals surface area contributed by atoms with Gasteiger partial charge in [-0.05, 0) is 23.3 Å². The predicted octanol–water partition coefficient (Wildman–Crippen LogP) is 1.68. The van der Waals surface area contributed by atoms with Crippen molar-refractivity contribution in [3.05, 3.63) is 29.3 Å². The SMILES string of the molecule is COCc1cc(O)cc(COC)c1. The molecule has 3 nitrogen and oxygen atoms in total. The summed E-state index contributed by atoms with van der Waals surface area (Å²) in [7, 11) is 3.25. The molecule has 0 bridgehead atoms. The summed E-state index contributed by atoms with van der Waals surface area (Å²) in [5, 5.41) is 9.34. The van der Waals surface area contributed by atoms with Crippen LogP contribution in [0.15, 0.2) is 18.2 Å². The molecule has 0 saturated heterocycles. The number of aromatic hydroxyl groups is 1. The van der Waals surface area contributed by atoms with E-state index in [1.54, 1.807) is 26.4 Å². The lowest BCUT2D eigenvalue weighted by Crippen LogP contribution is -1.92. The second-order valence-electron chi connectivity index (χ2n) is 2.87. The van der Waals surface area contributed by atoms with Gasteiger partial charge in [0.25, 0.3) is 0 Å². The minimum atomic E-state index is 0.251. The Morgan fingerprint density at radius 3 is 1.85 bits per heavy atom. The van der Waals surface area contributed by atoms with E-state index in [9.17, 15) is 5.11 Å². The standard InChI is InChI=1S/C10H14O3/c1-12-6-8-3-9(7-13-2)5-10(11)4-8/h3-5,11H,6-7H2,1-2H3. The van der Waals surface area contributed by atoms with Crippen molar-refractivity contribution < 1.29 is 14.6 Å². The molecule has 1 aromatic carbocycles. The summed E-state index contributed by atoms with van der Waals surface area (Å²) in [5.41, 5.74) is 1.91. The number of methoxy groups -OCH3 is 2. The molecule has 0 fully saturated rings. The van der Waals surface area contributed by atoms with E-state index >= 15 is 0 Å².